The first-order valence-corrected chi connectivity index (χ1v) is 13.5. The number of esters is 2. The molecule has 8 heteroatoms. The Labute approximate surface area is 254 Å². The third-order valence-corrected chi connectivity index (χ3v) is 6.24. The molecule has 0 heterocycles. The summed E-state index contributed by atoms with van der Waals surface area (Å²) in [6.45, 7) is 0.402. The van der Waals surface area contributed by atoms with Gasteiger partial charge in [-0.15, -0.1) is 0 Å². The van der Waals surface area contributed by atoms with E-state index in [0.29, 0.717) is 11.1 Å². The van der Waals surface area contributed by atoms with Gasteiger partial charge in [-0.2, -0.15) is 0 Å². The van der Waals surface area contributed by atoms with Crippen LogP contribution >= 0.6 is 0 Å². The predicted octanol–water partition coefficient (Wildman–Crippen LogP) is 6.86. The standard InChI is InChI=1S/C20H16O4.C16H14O4/c21-18-9-6-14(12-19(18)22)7-10-20(23)24-13-15-5-8-16-3-1-2-4-17(16)11-15;17-14-8-6-12(10-15(14)18)7-9-16(19)20-11-13-4-2-1-3-5-13/h1-12,21-22H,13H2;1-10,17-18H,11H2/b10-7+;9-7+. The lowest BCUT2D eigenvalue weighted by atomic mass is 10.1. The monoisotopic (exact) mass is 590 g/mol. The number of aromatic hydroxyl groups is 4. The van der Waals surface area contributed by atoms with E-state index in [1.807, 2.05) is 72.8 Å². The van der Waals surface area contributed by atoms with Crippen molar-refractivity contribution < 1.29 is 39.5 Å². The summed E-state index contributed by atoms with van der Waals surface area (Å²) in [4.78, 5) is 23.3. The Balaban J connectivity index is 0.000000204. The first-order valence-electron chi connectivity index (χ1n) is 13.5. The molecular weight excluding hydrogens is 560 g/mol. The zero-order valence-corrected chi connectivity index (χ0v) is 23.5. The number of fused-ring (bicyclic) bond motifs is 1. The highest BCUT2D eigenvalue weighted by molar-refractivity contribution is 5.88. The third kappa shape index (κ3) is 9.53. The zero-order valence-electron chi connectivity index (χ0n) is 23.5. The third-order valence-electron chi connectivity index (χ3n) is 6.24. The molecule has 0 amide bonds. The van der Waals surface area contributed by atoms with Gasteiger partial charge in [-0.3, -0.25) is 0 Å². The van der Waals surface area contributed by atoms with Gasteiger partial charge in [0.2, 0.25) is 0 Å². The minimum absolute atomic E-state index is 0.189. The van der Waals surface area contributed by atoms with Crippen LogP contribution in [0, 0.1) is 0 Å². The molecule has 0 fully saturated rings. The van der Waals surface area contributed by atoms with Gasteiger partial charge < -0.3 is 29.9 Å². The number of phenols is 4. The Hall–Kier alpha value is -6.02. The van der Waals surface area contributed by atoms with E-state index < -0.39 is 11.9 Å². The van der Waals surface area contributed by atoms with E-state index in [2.05, 4.69) is 0 Å². The van der Waals surface area contributed by atoms with Crippen LogP contribution < -0.4 is 0 Å². The smallest absolute Gasteiger partial charge is 0.331 e. The van der Waals surface area contributed by atoms with Crippen LogP contribution in [0.4, 0.5) is 0 Å². The number of phenolic OH excluding ortho intramolecular Hbond substituents is 4. The van der Waals surface area contributed by atoms with Crippen LogP contribution in [0.3, 0.4) is 0 Å². The van der Waals surface area contributed by atoms with Crippen molar-refractivity contribution in [3.8, 4) is 23.0 Å². The topological polar surface area (TPSA) is 134 Å². The van der Waals surface area contributed by atoms with Crippen molar-refractivity contribution in [1.29, 1.82) is 0 Å². The molecule has 0 aliphatic rings. The molecule has 0 radical (unpaired) electrons. The van der Waals surface area contributed by atoms with Crippen LogP contribution in [-0.4, -0.2) is 32.4 Å². The summed E-state index contributed by atoms with van der Waals surface area (Å²) in [5.74, 6) is -1.82. The molecule has 5 rings (SSSR count). The SMILES string of the molecule is O=C(/C=C/c1ccc(O)c(O)c1)OCc1ccc2ccccc2c1.O=C(/C=C/c1ccc(O)c(O)c1)OCc1ccccc1. The predicted molar refractivity (Wildman–Crippen MR) is 168 cm³/mol. The van der Waals surface area contributed by atoms with Gasteiger partial charge in [-0.1, -0.05) is 78.9 Å². The second kappa shape index (κ2) is 15.3. The molecule has 44 heavy (non-hydrogen) atoms. The number of rotatable bonds is 8. The molecule has 0 unspecified atom stereocenters. The van der Waals surface area contributed by atoms with Crippen LogP contribution in [0.1, 0.15) is 22.3 Å². The summed E-state index contributed by atoms with van der Waals surface area (Å²) >= 11 is 0. The number of benzene rings is 5. The molecule has 0 aromatic heterocycles. The molecule has 0 aliphatic carbocycles. The van der Waals surface area contributed by atoms with E-state index >= 15 is 0 Å². The maximum absolute atomic E-state index is 11.8. The summed E-state index contributed by atoms with van der Waals surface area (Å²) in [6.07, 6.45) is 5.58. The normalized spacial score (nSPS) is 10.8. The number of carbonyl (C=O) groups excluding carboxylic acids is 2. The Morgan fingerprint density at radius 3 is 1.55 bits per heavy atom. The molecule has 4 N–H and O–H groups in total. The Bertz CT molecular complexity index is 1790. The summed E-state index contributed by atoms with van der Waals surface area (Å²) in [6, 6.07) is 31.9. The maximum atomic E-state index is 11.8. The molecule has 0 spiro atoms. The Morgan fingerprint density at radius 1 is 0.500 bits per heavy atom. The molecule has 0 saturated heterocycles. The molecule has 0 bridgehead atoms. The molecular formula is C36H30O8. The van der Waals surface area contributed by atoms with Gasteiger partial charge in [0.15, 0.2) is 23.0 Å². The van der Waals surface area contributed by atoms with Crippen molar-refractivity contribution in [2.45, 2.75) is 13.2 Å². The van der Waals surface area contributed by atoms with Crippen molar-refractivity contribution in [3.05, 3.63) is 144 Å². The highest BCUT2D eigenvalue weighted by atomic mass is 16.5. The highest BCUT2D eigenvalue weighted by Gasteiger charge is 2.03. The molecule has 5 aromatic rings. The Morgan fingerprint density at radius 2 is 1.00 bits per heavy atom. The number of hydrogen-bond acceptors (Lipinski definition) is 8. The fourth-order valence-electron chi connectivity index (χ4n) is 3.92. The van der Waals surface area contributed by atoms with Crippen LogP contribution in [0.5, 0.6) is 23.0 Å². The van der Waals surface area contributed by atoms with Crippen molar-refractivity contribution >= 4 is 34.9 Å². The Kier molecular flexibility index (Phi) is 10.7. The summed E-state index contributed by atoms with van der Waals surface area (Å²) < 4.78 is 10.3. The molecule has 8 nitrogen and oxygen atoms in total. The quantitative estimate of drug-likeness (QED) is 0.0875. The van der Waals surface area contributed by atoms with Crippen LogP contribution in [0.15, 0.2) is 121 Å². The lowest BCUT2D eigenvalue weighted by molar-refractivity contribution is -0.139. The summed E-state index contributed by atoms with van der Waals surface area (Å²) in [5, 5.41) is 39.4. The van der Waals surface area contributed by atoms with Gasteiger partial charge >= 0.3 is 11.9 Å². The average Bonchev–Trinajstić information content (AvgIpc) is 3.04. The first-order chi connectivity index (χ1) is 21.3. The number of carbonyl (C=O) groups is 2. The zero-order chi connectivity index (χ0) is 31.3. The van der Waals surface area contributed by atoms with Crippen molar-refractivity contribution in [2.24, 2.45) is 0 Å². The first kappa shape index (κ1) is 30.9. The van der Waals surface area contributed by atoms with E-state index in [0.717, 1.165) is 21.9 Å². The lowest BCUT2D eigenvalue weighted by Gasteiger charge is -2.04. The average molecular weight is 591 g/mol. The lowest BCUT2D eigenvalue weighted by Crippen LogP contribution is -2.00. The van der Waals surface area contributed by atoms with E-state index in [9.17, 15) is 24.9 Å². The fourth-order valence-corrected chi connectivity index (χ4v) is 3.92. The van der Waals surface area contributed by atoms with Crippen molar-refractivity contribution in [2.75, 3.05) is 0 Å². The van der Waals surface area contributed by atoms with Crippen molar-refractivity contribution in [1.82, 2.24) is 0 Å². The highest BCUT2D eigenvalue weighted by Crippen LogP contribution is 2.26. The minimum atomic E-state index is -0.476. The molecule has 5 aromatic carbocycles. The van der Waals surface area contributed by atoms with E-state index in [4.69, 9.17) is 14.6 Å². The molecule has 0 atom stereocenters. The van der Waals surface area contributed by atoms with E-state index in [1.54, 1.807) is 12.1 Å². The van der Waals surface area contributed by atoms with Crippen LogP contribution in [0.25, 0.3) is 22.9 Å². The van der Waals surface area contributed by atoms with E-state index in [-0.39, 0.29) is 36.2 Å². The van der Waals surface area contributed by atoms with Gasteiger partial charge in [-0.05, 0) is 75.5 Å². The second-order valence-corrected chi connectivity index (χ2v) is 9.55. The maximum Gasteiger partial charge on any atom is 0.331 e. The number of hydrogen-bond donors (Lipinski definition) is 4. The minimum Gasteiger partial charge on any atom is -0.504 e. The molecule has 0 aliphatic heterocycles. The van der Waals surface area contributed by atoms with Gasteiger partial charge in [0.05, 0.1) is 0 Å². The van der Waals surface area contributed by atoms with E-state index in [1.165, 1.54) is 48.6 Å². The van der Waals surface area contributed by atoms with Gasteiger partial charge in [0.1, 0.15) is 13.2 Å². The number of ether oxygens (including phenoxy) is 2. The largest absolute Gasteiger partial charge is 0.504 e. The summed E-state index contributed by atoms with van der Waals surface area (Å²) in [5.41, 5.74) is 3.01. The fraction of sp³-hybridized carbons (Fsp3) is 0.0556. The van der Waals surface area contributed by atoms with Crippen molar-refractivity contribution in [3.63, 3.8) is 0 Å². The molecule has 0 saturated carbocycles. The van der Waals surface area contributed by atoms with Crippen LogP contribution in [-0.2, 0) is 32.3 Å². The van der Waals surface area contributed by atoms with Gasteiger partial charge in [0.25, 0.3) is 0 Å². The van der Waals surface area contributed by atoms with Crippen LogP contribution in [0.2, 0.25) is 0 Å². The second-order valence-electron chi connectivity index (χ2n) is 9.55. The summed E-state index contributed by atoms with van der Waals surface area (Å²) in [7, 11) is 0. The molecule has 222 valence electrons. The van der Waals surface area contributed by atoms with Gasteiger partial charge in [-0.25, -0.2) is 9.59 Å². The van der Waals surface area contributed by atoms with Gasteiger partial charge in [0, 0.05) is 12.2 Å².